The van der Waals surface area contributed by atoms with E-state index in [1.807, 2.05) is 0 Å². The Morgan fingerprint density at radius 1 is 0.722 bits per heavy atom. The van der Waals surface area contributed by atoms with E-state index in [0.717, 1.165) is 24.8 Å². The average Bonchev–Trinajstić information content (AvgIpc) is 2.35. The second kappa shape index (κ2) is 11.5. The predicted molar refractivity (Wildman–Crippen MR) is 80.9 cm³/mol. The van der Waals surface area contributed by atoms with E-state index in [0.29, 0.717) is 5.78 Å². The molecule has 0 atom stereocenters. The van der Waals surface area contributed by atoms with Crippen LogP contribution in [0.15, 0.2) is 11.1 Å². The van der Waals surface area contributed by atoms with Gasteiger partial charge in [0.15, 0.2) is 5.78 Å². The van der Waals surface area contributed by atoms with Gasteiger partial charge in [-0.1, -0.05) is 52.0 Å². The third-order valence-corrected chi connectivity index (χ3v) is 3.55. The fourth-order valence-electron chi connectivity index (χ4n) is 2.36. The Kier molecular flexibility index (Phi) is 11.1. The van der Waals surface area contributed by atoms with Crippen LogP contribution in [0.4, 0.5) is 0 Å². The van der Waals surface area contributed by atoms with Crippen molar-refractivity contribution in [3.63, 3.8) is 0 Å². The molecule has 106 valence electrons. The summed E-state index contributed by atoms with van der Waals surface area (Å²) < 4.78 is 0. The summed E-state index contributed by atoms with van der Waals surface area (Å²) in [6, 6.07) is 0. The molecule has 0 saturated heterocycles. The van der Waals surface area contributed by atoms with Crippen molar-refractivity contribution in [1.82, 2.24) is 0 Å². The van der Waals surface area contributed by atoms with E-state index in [2.05, 4.69) is 20.8 Å². The van der Waals surface area contributed by atoms with Crippen LogP contribution in [0.5, 0.6) is 0 Å². The number of ketones is 1. The summed E-state index contributed by atoms with van der Waals surface area (Å²) in [6.07, 6.45) is 11.8. The Bertz CT molecular complexity index is 240. The molecule has 1 heteroatoms. The van der Waals surface area contributed by atoms with Crippen molar-refractivity contribution in [2.75, 3.05) is 0 Å². The van der Waals surface area contributed by atoms with Crippen LogP contribution in [-0.2, 0) is 4.79 Å². The first-order valence-corrected chi connectivity index (χ1v) is 7.89. The molecule has 0 rings (SSSR count). The van der Waals surface area contributed by atoms with Gasteiger partial charge in [-0.25, -0.2) is 0 Å². The van der Waals surface area contributed by atoms with Gasteiger partial charge in [-0.05, 0) is 51.0 Å². The lowest BCUT2D eigenvalue weighted by atomic mass is 9.92. The van der Waals surface area contributed by atoms with Crippen LogP contribution in [0.25, 0.3) is 0 Å². The Labute approximate surface area is 114 Å². The normalized spacial score (nSPS) is 10.4. The van der Waals surface area contributed by atoms with Crippen molar-refractivity contribution >= 4 is 5.78 Å². The second-order valence-electron chi connectivity index (χ2n) is 5.30. The van der Waals surface area contributed by atoms with E-state index in [4.69, 9.17) is 0 Å². The third kappa shape index (κ3) is 7.68. The molecule has 0 fully saturated rings. The molecule has 0 aliphatic heterocycles. The number of hydrogen-bond acceptors (Lipinski definition) is 1. The fourth-order valence-corrected chi connectivity index (χ4v) is 2.36. The first kappa shape index (κ1) is 17.4. The van der Waals surface area contributed by atoms with Gasteiger partial charge >= 0.3 is 0 Å². The van der Waals surface area contributed by atoms with Gasteiger partial charge in [0, 0.05) is 0 Å². The lowest BCUT2D eigenvalue weighted by Crippen LogP contribution is -2.03. The molecule has 0 aromatic heterocycles. The molecule has 0 aromatic rings. The first-order valence-electron chi connectivity index (χ1n) is 7.89. The molecular formula is C17H32O. The fraction of sp³-hybridized carbons (Fsp3) is 0.824. The average molecular weight is 252 g/mol. The molecule has 0 saturated carbocycles. The van der Waals surface area contributed by atoms with E-state index in [1.54, 1.807) is 6.92 Å². The largest absolute Gasteiger partial charge is 0.295 e. The molecule has 0 aliphatic rings. The highest BCUT2D eigenvalue weighted by atomic mass is 16.1. The van der Waals surface area contributed by atoms with Crippen LogP contribution in [0.1, 0.15) is 91.9 Å². The Hall–Kier alpha value is -0.590. The Morgan fingerprint density at radius 2 is 1.22 bits per heavy atom. The van der Waals surface area contributed by atoms with Gasteiger partial charge in [-0.2, -0.15) is 0 Å². The molecule has 0 aromatic carbocycles. The van der Waals surface area contributed by atoms with Gasteiger partial charge in [0.1, 0.15) is 0 Å². The van der Waals surface area contributed by atoms with Crippen LogP contribution >= 0.6 is 0 Å². The van der Waals surface area contributed by atoms with Crippen LogP contribution in [-0.4, -0.2) is 5.78 Å². The number of hydrogen-bond donors (Lipinski definition) is 0. The van der Waals surface area contributed by atoms with Gasteiger partial charge in [0.2, 0.25) is 0 Å². The van der Waals surface area contributed by atoms with Crippen LogP contribution < -0.4 is 0 Å². The highest BCUT2D eigenvalue weighted by molar-refractivity contribution is 5.94. The van der Waals surface area contributed by atoms with Gasteiger partial charge < -0.3 is 0 Å². The van der Waals surface area contributed by atoms with Gasteiger partial charge in [-0.3, -0.25) is 4.79 Å². The molecule has 1 nitrogen and oxygen atoms in total. The van der Waals surface area contributed by atoms with E-state index in [1.165, 1.54) is 50.5 Å². The maximum absolute atomic E-state index is 11.8. The van der Waals surface area contributed by atoms with Crippen molar-refractivity contribution < 1.29 is 4.79 Å². The molecule has 0 unspecified atom stereocenters. The summed E-state index contributed by atoms with van der Waals surface area (Å²) >= 11 is 0. The molecule has 0 spiro atoms. The van der Waals surface area contributed by atoms with Crippen molar-refractivity contribution in [1.29, 1.82) is 0 Å². The van der Waals surface area contributed by atoms with Crippen LogP contribution in [0, 0.1) is 0 Å². The highest BCUT2D eigenvalue weighted by Gasteiger charge is 2.11. The minimum Gasteiger partial charge on any atom is -0.295 e. The quantitative estimate of drug-likeness (QED) is 0.334. The molecule has 0 amide bonds. The van der Waals surface area contributed by atoms with Gasteiger partial charge in [0.05, 0.1) is 0 Å². The summed E-state index contributed by atoms with van der Waals surface area (Å²) in [7, 11) is 0. The number of Topliss-reactive ketones (excluding diaryl/α,β-unsaturated/α-hetero) is 1. The zero-order valence-electron chi connectivity index (χ0n) is 13.0. The van der Waals surface area contributed by atoms with Crippen molar-refractivity contribution in [3.05, 3.63) is 11.1 Å². The number of carbonyl (C=O) groups excluding carboxylic acids is 1. The Balaban J connectivity index is 4.70. The molecule has 0 heterocycles. The predicted octanol–water partition coefficient (Wildman–Crippen LogP) is 5.83. The van der Waals surface area contributed by atoms with Crippen LogP contribution in [0.2, 0.25) is 0 Å². The van der Waals surface area contributed by atoms with Crippen molar-refractivity contribution in [3.8, 4) is 0 Å². The summed E-state index contributed by atoms with van der Waals surface area (Å²) in [6.45, 7) is 8.41. The maximum Gasteiger partial charge on any atom is 0.155 e. The van der Waals surface area contributed by atoms with E-state index < -0.39 is 0 Å². The highest BCUT2D eigenvalue weighted by Crippen LogP contribution is 2.24. The van der Waals surface area contributed by atoms with E-state index in [-0.39, 0.29) is 0 Å². The topological polar surface area (TPSA) is 17.1 Å². The molecule has 18 heavy (non-hydrogen) atoms. The smallest absolute Gasteiger partial charge is 0.155 e. The van der Waals surface area contributed by atoms with Gasteiger partial charge in [-0.15, -0.1) is 0 Å². The minimum absolute atomic E-state index is 0.313. The lowest BCUT2D eigenvalue weighted by molar-refractivity contribution is -0.113. The van der Waals surface area contributed by atoms with E-state index >= 15 is 0 Å². The lowest BCUT2D eigenvalue weighted by Gasteiger charge is -2.13. The number of allylic oxidation sites excluding steroid dienone is 2. The standard InChI is InChI=1S/C17H32O/c1-5-8-11-14-17(15(4)18)16(12-9-6-2)13-10-7-3/h5-14H2,1-4H3. The minimum atomic E-state index is 0.313. The number of carbonyl (C=O) groups is 1. The van der Waals surface area contributed by atoms with Gasteiger partial charge in [0.25, 0.3) is 0 Å². The van der Waals surface area contributed by atoms with E-state index in [9.17, 15) is 4.79 Å². The number of rotatable bonds is 11. The summed E-state index contributed by atoms with van der Waals surface area (Å²) in [5, 5.41) is 0. The molecule has 0 aliphatic carbocycles. The second-order valence-corrected chi connectivity index (χ2v) is 5.30. The summed E-state index contributed by atoms with van der Waals surface area (Å²) in [4.78, 5) is 11.8. The SMILES string of the molecule is CCCCCC(C(C)=O)=C(CCCC)CCCC. The zero-order valence-corrected chi connectivity index (χ0v) is 13.0. The molecule has 0 radical (unpaired) electrons. The first-order chi connectivity index (χ1) is 8.67. The molecule has 0 N–H and O–H groups in total. The summed E-state index contributed by atoms with van der Waals surface area (Å²) in [5.41, 5.74) is 2.62. The molecular weight excluding hydrogens is 220 g/mol. The number of unbranched alkanes of at least 4 members (excludes halogenated alkanes) is 4. The van der Waals surface area contributed by atoms with Crippen molar-refractivity contribution in [2.24, 2.45) is 0 Å². The van der Waals surface area contributed by atoms with Crippen molar-refractivity contribution in [2.45, 2.75) is 91.9 Å². The monoisotopic (exact) mass is 252 g/mol. The van der Waals surface area contributed by atoms with Crippen LogP contribution in [0.3, 0.4) is 0 Å². The zero-order chi connectivity index (χ0) is 13.8. The third-order valence-electron chi connectivity index (χ3n) is 3.55. The summed E-state index contributed by atoms with van der Waals surface area (Å²) in [5.74, 6) is 0.313. The molecule has 0 bridgehead atoms. The Morgan fingerprint density at radius 3 is 1.61 bits per heavy atom. The maximum atomic E-state index is 11.8.